The highest BCUT2D eigenvalue weighted by Gasteiger charge is 2.31. The van der Waals surface area contributed by atoms with E-state index in [4.69, 9.17) is 4.42 Å². The van der Waals surface area contributed by atoms with Crippen LogP contribution in [0.2, 0.25) is 0 Å². The summed E-state index contributed by atoms with van der Waals surface area (Å²) in [5.74, 6) is -1.16. The van der Waals surface area contributed by atoms with Crippen LogP contribution in [0.25, 0.3) is 21.9 Å². The molecule has 7 nitrogen and oxygen atoms in total. The van der Waals surface area contributed by atoms with Crippen LogP contribution in [-0.4, -0.2) is 36.5 Å². The Kier molecular flexibility index (Phi) is 4.90. The number of nitrogens with zero attached hydrogens (tertiary/aromatic N) is 1. The summed E-state index contributed by atoms with van der Waals surface area (Å²) in [5, 5.41) is 21.0. The predicted molar refractivity (Wildman–Crippen MR) is 106 cm³/mol. The number of furan rings is 1. The van der Waals surface area contributed by atoms with Crippen molar-refractivity contribution in [3.8, 4) is 0 Å². The van der Waals surface area contributed by atoms with E-state index in [-0.39, 0.29) is 11.3 Å². The van der Waals surface area contributed by atoms with Gasteiger partial charge >= 0.3 is 7.12 Å². The molecule has 0 bridgehead atoms. The molecule has 28 heavy (non-hydrogen) atoms. The topological polar surface area (TPSA) is 113 Å². The minimum Gasteiger partial charge on any atom is -0.464 e. The van der Waals surface area contributed by atoms with Crippen LogP contribution >= 0.6 is 0 Å². The van der Waals surface area contributed by atoms with E-state index in [9.17, 15) is 18.5 Å². The van der Waals surface area contributed by atoms with E-state index in [0.29, 0.717) is 22.0 Å². The third-order valence-electron chi connectivity index (χ3n) is 4.55. The molecule has 0 aliphatic heterocycles. The number of aromatic nitrogens is 1. The minimum atomic E-state index is -4.05. The Morgan fingerprint density at radius 2 is 1.86 bits per heavy atom. The molecule has 9 heteroatoms. The molecule has 0 saturated carbocycles. The van der Waals surface area contributed by atoms with Gasteiger partial charge in [-0.1, -0.05) is 36.4 Å². The number of nitrogens with one attached hydrogen (secondary N) is 1. The van der Waals surface area contributed by atoms with E-state index >= 15 is 0 Å². The molecule has 4 aromatic rings. The first-order chi connectivity index (χ1) is 13.5. The summed E-state index contributed by atoms with van der Waals surface area (Å²) in [6.45, 7) is 0. The van der Waals surface area contributed by atoms with Crippen LogP contribution < -0.4 is 4.72 Å². The molecule has 0 spiro atoms. The maximum Gasteiger partial charge on any atom is 0.471 e. The van der Waals surface area contributed by atoms with Crippen LogP contribution in [0.1, 0.15) is 5.56 Å². The summed E-state index contributed by atoms with van der Waals surface area (Å²) in [4.78, 5) is 4.14. The Morgan fingerprint density at radius 1 is 1.07 bits per heavy atom. The molecule has 3 N–H and O–H groups in total. The zero-order valence-electron chi connectivity index (χ0n) is 14.7. The molecule has 0 unspecified atom stereocenters. The number of benzene rings is 2. The van der Waals surface area contributed by atoms with Crippen LogP contribution in [0.5, 0.6) is 0 Å². The van der Waals surface area contributed by atoms with E-state index < -0.39 is 23.1 Å². The summed E-state index contributed by atoms with van der Waals surface area (Å²) in [6, 6.07) is 15.6. The van der Waals surface area contributed by atoms with Gasteiger partial charge in [0, 0.05) is 17.0 Å². The molecule has 0 aliphatic rings. The fraction of sp³-hybridized carbons (Fsp3) is 0.105. The lowest BCUT2D eigenvalue weighted by molar-refractivity contribution is 0.379. The van der Waals surface area contributed by atoms with Crippen molar-refractivity contribution in [2.45, 2.75) is 17.3 Å². The highest BCUT2D eigenvalue weighted by atomic mass is 32.2. The largest absolute Gasteiger partial charge is 0.471 e. The molecule has 0 fully saturated rings. The first kappa shape index (κ1) is 18.6. The third kappa shape index (κ3) is 3.52. The number of pyridine rings is 1. The van der Waals surface area contributed by atoms with Gasteiger partial charge in [-0.05, 0) is 30.2 Å². The second kappa shape index (κ2) is 7.36. The van der Waals surface area contributed by atoms with Crippen molar-refractivity contribution in [1.29, 1.82) is 0 Å². The van der Waals surface area contributed by atoms with Gasteiger partial charge in [-0.2, -0.15) is 0 Å². The number of sulfonamides is 1. The summed E-state index contributed by atoms with van der Waals surface area (Å²) in [5.41, 5.74) is 1.63. The van der Waals surface area contributed by atoms with Gasteiger partial charge in [-0.15, -0.1) is 0 Å². The highest BCUT2D eigenvalue weighted by Crippen LogP contribution is 2.24. The molecule has 0 aliphatic carbocycles. The maximum absolute atomic E-state index is 13.0. The molecule has 142 valence electrons. The highest BCUT2D eigenvalue weighted by molar-refractivity contribution is 7.89. The van der Waals surface area contributed by atoms with Gasteiger partial charge in [0.15, 0.2) is 0 Å². The van der Waals surface area contributed by atoms with Gasteiger partial charge in [-0.25, -0.2) is 13.1 Å². The standard InChI is InChI=1S/C19H17BN2O5S/c23-20(24)18(11-14-12-27-16-8-2-1-7-15(14)16)22-28(25,26)17-9-3-5-13-6-4-10-21-19(13)17/h1-10,12,18,22-24H,11H2/t18-/m0/s1. The zero-order valence-corrected chi connectivity index (χ0v) is 15.5. The van der Waals surface area contributed by atoms with Crippen molar-refractivity contribution < 1.29 is 22.9 Å². The van der Waals surface area contributed by atoms with Crippen molar-refractivity contribution in [3.63, 3.8) is 0 Å². The van der Waals surface area contributed by atoms with Gasteiger partial charge in [0.2, 0.25) is 10.0 Å². The number of hydrogen-bond donors (Lipinski definition) is 3. The van der Waals surface area contributed by atoms with Crippen molar-refractivity contribution in [3.05, 3.63) is 72.6 Å². The average molecular weight is 396 g/mol. The quantitative estimate of drug-likeness (QED) is 0.429. The molecular formula is C19H17BN2O5S. The summed E-state index contributed by atoms with van der Waals surface area (Å²) >= 11 is 0. The number of rotatable bonds is 6. The van der Waals surface area contributed by atoms with Gasteiger partial charge in [0.25, 0.3) is 0 Å². The smallest absolute Gasteiger partial charge is 0.464 e. The fourth-order valence-corrected chi connectivity index (χ4v) is 4.60. The maximum atomic E-state index is 13.0. The lowest BCUT2D eigenvalue weighted by atomic mass is 9.77. The summed E-state index contributed by atoms with van der Waals surface area (Å²) < 4.78 is 33.8. The van der Waals surface area contributed by atoms with Gasteiger partial charge < -0.3 is 14.5 Å². The summed E-state index contributed by atoms with van der Waals surface area (Å²) in [6.07, 6.45) is 3.05. The van der Waals surface area contributed by atoms with Gasteiger partial charge in [-0.3, -0.25) is 4.98 Å². The normalized spacial score (nSPS) is 13.1. The van der Waals surface area contributed by atoms with E-state index in [2.05, 4.69) is 9.71 Å². The molecule has 4 rings (SSSR count). The first-order valence-electron chi connectivity index (χ1n) is 8.63. The van der Waals surface area contributed by atoms with E-state index in [1.54, 1.807) is 30.3 Å². The Hall–Kier alpha value is -2.72. The van der Waals surface area contributed by atoms with Crippen molar-refractivity contribution in [2.75, 3.05) is 0 Å². The van der Waals surface area contributed by atoms with Crippen LogP contribution in [-0.2, 0) is 16.4 Å². The monoisotopic (exact) mass is 396 g/mol. The molecular weight excluding hydrogens is 379 g/mol. The van der Waals surface area contributed by atoms with Gasteiger partial charge in [0.05, 0.1) is 17.7 Å². The fourth-order valence-electron chi connectivity index (χ4n) is 3.19. The number of hydrogen-bond acceptors (Lipinski definition) is 6. The average Bonchev–Trinajstić information content (AvgIpc) is 3.10. The second-order valence-corrected chi connectivity index (χ2v) is 8.12. The Balaban J connectivity index is 1.67. The van der Waals surface area contributed by atoms with Crippen molar-refractivity contribution >= 4 is 39.0 Å². The Bertz CT molecular complexity index is 1230. The minimum absolute atomic E-state index is 0.0201. The third-order valence-corrected chi connectivity index (χ3v) is 6.07. The lowest BCUT2D eigenvalue weighted by Gasteiger charge is -2.18. The van der Waals surface area contributed by atoms with Crippen LogP contribution in [0.3, 0.4) is 0 Å². The molecule has 2 heterocycles. The number of para-hydroxylation sites is 2. The van der Waals surface area contributed by atoms with Gasteiger partial charge in [0.1, 0.15) is 10.5 Å². The SMILES string of the molecule is O=S(=O)(N[C@@H](Cc1coc2ccccc12)B(O)O)c1cccc2cccnc12. The zero-order chi connectivity index (χ0) is 19.7. The number of fused-ring (bicyclic) bond motifs is 2. The molecule has 0 radical (unpaired) electrons. The molecule has 0 amide bonds. The molecule has 2 aromatic heterocycles. The van der Waals surface area contributed by atoms with E-state index in [1.807, 2.05) is 18.2 Å². The lowest BCUT2D eigenvalue weighted by Crippen LogP contribution is -2.47. The molecule has 1 atom stereocenters. The van der Waals surface area contributed by atoms with E-state index in [1.165, 1.54) is 18.5 Å². The van der Waals surface area contributed by atoms with Crippen LogP contribution in [0.15, 0.2) is 76.4 Å². The predicted octanol–water partition coefficient (Wildman–Crippen LogP) is 1.88. The van der Waals surface area contributed by atoms with Crippen LogP contribution in [0.4, 0.5) is 0 Å². The molecule has 0 saturated heterocycles. The molecule has 2 aromatic carbocycles. The van der Waals surface area contributed by atoms with Crippen molar-refractivity contribution in [2.24, 2.45) is 0 Å². The Morgan fingerprint density at radius 3 is 2.68 bits per heavy atom. The van der Waals surface area contributed by atoms with Crippen LogP contribution in [0, 0.1) is 0 Å². The Labute approximate surface area is 161 Å². The summed E-state index contributed by atoms with van der Waals surface area (Å²) in [7, 11) is -5.95. The van der Waals surface area contributed by atoms with E-state index in [0.717, 1.165) is 5.39 Å². The second-order valence-electron chi connectivity index (χ2n) is 6.43. The first-order valence-corrected chi connectivity index (χ1v) is 10.1. The van der Waals surface area contributed by atoms with Crippen molar-refractivity contribution in [1.82, 2.24) is 9.71 Å².